The number of phenolic OH excluding ortho intramolecular Hbond substituents is 1. The van der Waals surface area contributed by atoms with Crippen molar-refractivity contribution in [3.63, 3.8) is 0 Å². The van der Waals surface area contributed by atoms with E-state index in [9.17, 15) is 9.90 Å². The zero-order valence-electron chi connectivity index (χ0n) is 13.7. The highest BCUT2D eigenvalue weighted by molar-refractivity contribution is 5.85. The summed E-state index contributed by atoms with van der Waals surface area (Å²) in [5.74, 6) is 0.857. The number of phenols is 1. The van der Waals surface area contributed by atoms with Crippen LogP contribution in [0.25, 0.3) is 10.9 Å². The van der Waals surface area contributed by atoms with Gasteiger partial charge in [-0.1, -0.05) is 19.3 Å². The number of nitrogens with one attached hydrogen (secondary N) is 1. The SMILES string of the molecule is CCOC(=O)CC(c1c[nH]c2cc(O)ccc12)C1CCCCC1. The molecule has 1 aliphatic carbocycles. The number of benzene rings is 1. The number of aromatic amines is 1. The first-order valence-corrected chi connectivity index (χ1v) is 8.64. The lowest BCUT2D eigenvalue weighted by Crippen LogP contribution is -2.20. The Kier molecular flexibility index (Phi) is 4.89. The molecule has 1 saturated carbocycles. The smallest absolute Gasteiger partial charge is 0.306 e. The van der Waals surface area contributed by atoms with E-state index in [0.717, 1.165) is 10.9 Å². The maximum atomic E-state index is 12.1. The van der Waals surface area contributed by atoms with Crippen LogP contribution in [0.1, 0.15) is 56.9 Å². The molecule has 124 valence electrons. The molecule has 1 aromatic heterocycles. The van der Waals surface area contributed by atoms with Gasteiger partial charge in [-0.2, -0.15) is 0 Å². The minimum atomic E-state index is -0.115. The van der Waals surface area contributed by atoms with Crippen LogP contribution in [0.15, 0.2) is 24.4 Å². The lowest BCUT2D eigenvalue weighted by molar-refractivity contribution is -0.144. The van der Waals surface area contributed by atoms with Gasteiger partial charge in [-0.25, -0.2) is 0 Å². The van der Waals surface area contributed by atoms with E-state index < -0.39 is 0 Å². The Morgan fingerprint density at radius 2 is 2.13 bits per heavy atom. The molecule has 1 unspecified atom stereocenters. The van der Waals surface area contributed by atoms with Crippen LogP contribution in [0.5, 0.6) is 5.75 Å². The average Bonchev–Trinajstić information content (AvgIpc) is 2.96. The van der Waals surface area contributed by atoms with Gasteiger partial charge in [0.2, 0.25) is 0 Å². The molecule has 0 amide bonds. The van der Waals surface area contributed by atoms with Crippen LogP contribution >= 0.6 is 0 Å². The number of aromatic nitrogens is 1. The molecule has 2 N–H and O–H groups in total. The van der Waals surface area contributed by atoms with Gasteiger partial charge >= 0.3 is 5.97 Å². The summed E-state index contributed by atoms with van der Waals surface area (Å²) in [4.78, 5) is 15.4. The molecule has 4 nitrogen and oxygen atoms in total. The minimum Gasteiger partial charge on any atom is -0.508 e. The monoisotopic (exact) mass is 315 g/mol. The normalized spacial score (nSPS) is 17.3. The molecule has 1 heterocycles. The quantitative estimate of drug-likeness (QED) is 0.799. The Bertz CT molecular complexity index is 670. The second-order valence-corrected chi connectivity index (χ2v) is 6.49. The Balaban J connectivity index is 1.93. The molecule has 1 fully saturated rings. The number of hydrogen-bond donors (Lipinski definition) is 2. The fraction of sp³-hybridized carbons (Fsp3) is 0.526. The van der Waals surface area contributed by atoms with Crippen LogP contribution in [-0.2, 0) is 9.53 Å². The van der Waals surface area contributed by atoms with E-state index in [2.05, 4.69) is 4.98 Å². The summed E-state index contributed by atoms with van der Waals surface area (Å²) in [6.07, 6.45) is 8.57. The molecule has 1 aliphatic rings. The molecular formula is C19H25NO3. The van der Waals surface area contributed by atoms with Gasteiger partial charge in [0.15, 0.2) is 0 Å². The van der Waals surface area contributed by atoms with Gasteiger partial charge in [-0.05, 0) is 49.3 Å². The zero-order chi connectivity index (χ0) is 16.2. The van der Waals surface area contributed by atoms with E-state index >= 15 is 0 Å². The molecule has 0 saturated heterocycles. The molecule has 3 rings (SSSR count). The first-order chi connectivity index (χ1) is 11.2. The van der Waals surface area contributed by atoms with Gasteiger partial charge in [0.25, 0.3) is 0 Å². The standard InChI is InChI=1S/C19H25NO3/c1-2-23-19(22)11-16(13-6-4-3-5-7-13)17-12-20-18-10-14(21)8-9-15(17)18/h8-10,12-13,16,20-21H,2-7,11H2,1H3. The van der Waals surface area contributed by atoms with Crippen molar-refractivity contribution in [3.8, 4) is 5.75 Å². The fourth-order valence-electron chi connectivity index (χ4n) is 3.91. The van der Waals surface area contributed by atoms with Crippen LogP contribution in [0.2, 0.25) is 0 Å². The number of aromatic hydroxyl groups is 1. The maximum absolute atomic E-state index is 12.1. The summed E-state index contributed by atoms with van der Waals surface area (Å²) in [7, 11) is 0. The van der Waals surface area contributed by atoms with Gasteiger partial charge in [0.05, 0.1) is 13.0 Å². The van der Waals surface area contributed by atoms with Crippen molar-refractivity contribution in [3.05, 3.63) is 30.0 Å². The molecule has 23 heavy (non-hydrogen) atoms. The molecule has 2 aromatic rings. The third-order valence-corrected chi connectivity index (χ3v) is 5.01. The van der Waals surface area contributed by atoms with Crippen LogP contribution in [0.3, 0.4) is 0 Å². The Hall–Kier alpha value is -1.97. The summed E-state index contributed by atoms with van der Waals surface area (Å²) in [5, 5.41) is 10.7. The number of rotatable bonds is 5. The number of hydrogen-bond acceptors (Lipinski definition) is 3. The Labute approximate surface area is 136 Å². The highest BCUT2D eigenvalue weighted by Crippen LogP contribution is 2.41. The van der Waals surface area contributed by atoms with E-state index in [1.165, 1.54) is 37.7 Å². The number of carbonyl (C=O) groups is 1. The molecular weight excluding hydrogens is 290 g/mol. The predicted octanol–water partition coefficient (Wildman–Crippen LogP) is 4.49. The molecule has 1 aromatic carbocycles. The second-order valence-electron chi connectivity index (χ2n) is 6.49. The topological polar surface area (TPSA) is 62.3 Å². The van der Waals surface area contributed by atoms with Crippen molar-refractivity contribution in [2.45, 2.75) is 51.4 Å². The van der Waals surface area contributed by atoms with Crippen molar-refractivity contribution in [1.29, 1.82) is 0 Å². The van der Waals surface area contributed by atoms with E-state index in [1.807, 2.05) is 19.2 Å². The second kappa shape index (κ2) is 7.07. The van der Waals surface area contributed by atoms with Crippen LogP contribution in [0, 0.1) is 5.92 Å². The number of carbonyl (C=O) groups excluding carboxylic acids is 1. The Morgan fingerprint density at radius 1 is 1.35 bits per heavy atom. The number of esters is 1. The van der Waals surface area contributed by atoms with Gasteiger partial charge in [-0.15, -0.1) is 0 Å². The molecule has 1 atom stereocenters. The first kappa shape index (κ1) is 15.9. The first-order valence-electron chi connectivity index (χ1n) is 8.64. The predicted molar refractivity (Wildman–Crippen MR) is 90.5 cm³/mol. The number of fused-ring (bicyclic) bond motifs is 1. The van der Waals surface area contributed by atoms with Gasteiger partial charge in [0, 0.05) is 23.2 Å². The lowest BCUT2D eigenvalue weighted by Gasteiger charge is -2.29. The summed E-state index contributed by atoms with van der Waals surface area (Å²) in [5.41, 5.74) is 2.10. The molecule has 0 bridgehead atoms. The van der Waals surface area contributed by atoms with Gasteiger partial charge in [-0.3, -0.25) is 4.79 Å². The van der Waals surface area contributed by atoms with Crippen LogP contribution in [0.4, 0.5) is 0 Å². The van der Waals surface area contributed by atoms with Gasteiger partial charge < -0.3 is 14.8 Å². The summed E-state index contributed by atoms with van der Waals surface area (Å²) >= 11 is 0. The maximum Gasteiger partial charge on any atom is 0.306 e. The van der Waals surface area contributed by atoms with Crippen molar-refractivity contribution >= 4 is 16.9 Å². The number of ether oxygens (including phenoxy) is 1. The molecule has 0 radical (unpaired) electrons. The van der Waals surface area contributed by atoms with Crippen molar-refractivity contribution in [2.75, 3.05) is 6.61 Å². The third-order valence-electron chi connectivity index (χ3n) is 5.01. The summed E-state index contributed by atoms with van der Waals surface area (Å²) < 4.78 is 5.20. The molecule has 0 aliphatic heterocycles. The minimum absolute atomic E-state index is 0.115. The highest BCUT2D eigenvalue weighted by Gasteiger charge is 2.29. The van der Waals surface area contributed by atoms with E-state index in [1.54, 1.807) is 12.1 Å². The third kappa shape index (κ3) is 3.52. The van der Waals surface area contributed by atoms with E-state index in [4.69, 9.17) is 4.74 Å². The average molecular weight is 315 g/mol. The number of H-pyrrole nitrogens is 1. The van der Waals surface area contributed by atoms with Crippen LogP contribution in [-0.4, -0.2) is 22.7 Å². The molecule has 4 heteroatoms. The highest BCUT2D eigenvalue weighted by atomic mass is 16.5. The van der Waals surface area contributed by atoms with Crippen molar-refractivity contribution < 1.29 is 14.6 Å². The zero-order valence-corrected chi connectivity index (χ0v) is 13.7. The van der Waals surface area contributed by atoms with Crippen LogP contribution < -0.4 is 0 Å². The Morgan fingerprint density at radius 3 is 2.87 bits per heavy atom. The van der Waals surface area contributed by atoms with E-state index in [0.29, 0.717) is 18.9 Å². The lowest BCUT2D eigenvalue weighted by atomic mass is 9.75. The van der Waals surface area contributed by atoms with Gasteiger partial charge in [0.1, 0.15) is 5.75 Å². The van der Waals surface area contributed by atoms with Crippen molar-refractivity contribution in [2.24, 2.45) is 5.92 Å². The van der Waals surface area contributed by atoms with E-state index in [-0.39, 0.29) is 17.6 Å². The largest absolute Gasteiger partial charge is 0.508 e. The molecule has 0 spiro atoms. The van der Waals surface area contributed by atoms with Crippen molar-refractivity contribution in [1.82, 2.24) is 4.98 Å². The summed E-state index contributed by atoms with van der Waals surface area (Å²) in [6, 6.07) is 5.39. The fourth-order valence-corrected chi connectivity index (χ4v) is 3.91. The summed E-state index contributed by atoms with van der Waals surface area (Å²) in [6.45, 7) is 2.28.